The first-order valence-electron chi connectivity index (χ1n) is 30.6. The van der Waals surface area contributed by atoms with Gasteiger partial charge in [-0.1, -0.05) is 290 Å². The molecule has 0 bridgehead atoms. The van der Waals surface area contributed by atoms with Gasteiger partial charge in [0.2, 0.25) is 0 Å². The maximum atomic E-state index is 8.33. The van der Waals surface area contributed by atoms with E-state index in [2.05, 4.69) is 202 Å². The number of rotatable bonds is 16. The van der Waals surface area contributed by atoms with Crippen LogP contribution < -0.4 is 0 Å². The summed E-state index contributed by atoms with van der Waals surface area (Å²) < 4.78 is -1.10. The molecule has 10 rings (SSSR count). The van der Waals surface area contributed by atoms with E-state index < -0.39 is 42.7 Å². The van der Waals surface area contributed by atoms with Crippen molar-refractivity contribution in [1.29, 1.82) is 0 Å². The van der Waals surface area contributed by atoms with Crippen molar-refractivity contribution in [2.75, 3.05) is 0 Å². The summed E-state index contributed by atoms with van der Waals surface area (Å²) in [5, 5.41) is 0. The average molecular weight is 1250 g/mol. The molecule has 4 N–H and O–H groups in total. The maximum Gasteiger partial charge on any atom is 0.120 e. The summed E-state index contributed by atoms with van der Waals surface area (Å²) >= 11 is 16.6. The summed E-state index contributed by atoms with van der Waals surface area (Å²) in [4.78, 5) is 0. The fraction of sp³-hybridized carbons (Fsp3) is 0.543. The molecule has 0 saturated heterocycles. The van der Waals surface area contributed by atoms with E-state index in [4.69, 9.17) is 23.2 Å². The number of halogens is 2. The van der Waals surface area contributed by atoms with Crippen LogP contribution in [0.5, 0.6) is 0 Å². The Balaban J connectivity index is 0.000000246. The van der Waals surface area contributed by atoms with Crippen LogP contribution in [0.2, 0.25) is 63.5 Å². The van der Waals surface area contributed by atoms with Crippen LogP contribution >= 0.6 is 23.2 Å². The molecule has 2 nitrogen and oxygen atoms in total. The summed E-state index contributed by atoms with van der Waals surface area (Å²) in [6.07, 6.45) is 29.3. The number of hydrogen-bond acceptors (Lipinski definition) is 0. The Bertz CT molecular complexity index is 2830. The first-order chi connectivity index (χ1) is 36.0. The molecular formula is C70H102Cl2O2Si4Zr. The first-order valence-corrected chi connectivity index (χ1v) is 43.2. The number of benzene rings is 4. The molecule has 0 heterocycles. The summed E-state index contributed by atoms with van der Waals surface area (Å²) in [6.45, 7) is 30.0. The smallest absolute Gasteiger partial charge is 0.120 e. The van der Waals surface area contributed by atoms with Crippen LogP contribution in [0.4, 0.5) is 0 Å². The zero-order chi connectivity index (χ0) is 54.3. The Morgan fingerprint density at radius 3 is 1.63 bits per heavy atom. The van der Waals surface area contributed by atoms with Gasteiger partial charge < -0.3 is 11.0 Å². The van der Waals surface area contributed by atoms with Crippen molar-refractivity contribution in [2.45, 2.75) is 215 Å². The minimum absolute atomic E-state index is 0. The van der Waals surface area contributed by atoms with Crippen LogP contribution in [0.15, 0.2) is 120 Å². The molecule has 79 heavy (non-hydrogen) atoms. The SMILES string of the molecule is C[SiH](C)CCC1=Cc2ccccc2C1(Cl)[Si](C)(CC(C)(C)C)C1(Cl)C=C(CC2CCCCC2)c2ccccc21.C[SiH](C)CCC1=Cc2ccccc2C1[Si](C)(CC(C)(C)C)C1C=C(CC2CCCCC2)c2ccccc21.O.O.[Zr]. The van der Waals surface area contributed by atoms with Gasteiger partial charge in [0.1, 0.15) is 8.07 Å². The van der Waals surface area contributed by atoms with E-state index in [1.54, 1.807) is 27.8 Å². The van der Waals surface area contributed by atoms with Crippen LogP contribution in [0, 0.1) is 22.7 Å². The Hall–Kier alpha value is -1.91. The standard InChI is InChI=1S/C35H48Cl2Si2.C35H50Si2.2H2O.Zr/c1-33(2,3)25-39(6,35(37)29(20-21-38(4)5)23-27-16-10-12-18-31(27)35)34(36)24-28(22-26-14-8-7-9-15-26)30-17-11-13-19-32(30)34;1-35(2,3)25-37(6,34-28(20-21-36(4)5)23-27-16-10-11-18-31(27)34)33-24-29(22-26-14-8-7-9-15-26)30-17-12-13-19-32(30)33;;;/h10-13,16-19,23-24,26,38H,7-9,14-15,20-22,25H2,1-6H3;10-13,16-19,23-24,26,33-34,36H,7-9,14-15,20-22,25H2,1-6H3;2*1H2;. The minimum atomic E-state index is -2.61. The molecule has 4 aromatic rings. The molecule has 6 unspecified atom stereocenters. The second-order valence-electron chi connectivity index (χ2n) is 29.0. The molecule has 428 valence electrons. The molecule has 6 aliphatic rings. The maximum absolute atomic E-state index is 8.33. The largest absolute Gasteiger partial charge is 0.412 e. The quantitative estimate of drug-likeness (QED) is 0.0793. The van der Waals surface area contributed by atoms with Crippen molar-refractivity contribution in [3.8, 4) is 0 Å². The van der Waals surface area contributed by atoms with E-state index in [0.29, 0.717) is 16.5 Å². The molecule has 0 spiro atoms. The number of alkyl halides is 2. The summed E-state index contributed by atoms with van der Waals surface area (Å²) in [6, 6.07) is 42.1. The van der Waals surface area contributed by atoms with Crippen molar-refractivity contribution in [3.05, 3.63) is 165 Å². The van der Waals surface area contributed by atoms with Gasteiger partial charge in [-0.15, -0.1) is 23.2 Å². The fourth-order valence-electron chi connectivity index (χ4n) is 16.3. The van der Waals surface area contributed by atoms with E-state index >= 15 is 0 Å². The van der Waals surface area contributed by atoms with Crippen molar-refractivity contribution in [2.24, 2.45) is 22.7 Å². The van der Waals surface area contributed by atoms with Gasteiger partial charge in [0.15, 0.2) is 0 Å². The second-order valence-corrected chi connectivity index (χ2v) is 46.6. The predicted molar refractivity (Wildman–Crippen MR) is 356 cm³/mol. The third kappa shape index (κ3) is 13.9. The Morgan fingerprint density at radius 2 is 1.05 bits per heavy atom. The number of allylic oxidation sites excluding steroid dienone is 6. The van der Waals surface area contributed by atoms with Crippen LogP contribution in [-0.2, 0) is 35.2 Å². The van der Waals surface area contributed by atoms with Crippen molar-refractivity contribution in [3.63, 3.8) is 0 Å². The molecule has 0 aliphatic heterocycles. The van der Waals surface area contributed by atoms with Gasteiger partial charge >= 0.3 is 0 Å². The summed E-state index contributed by atoms with van der Waals surface area (Å²) in [5.74, 6) is 1.66. The minimum Gasteiger partial charge on any atom is -0.412 e. The molecule has 0 aromatic heterocycles. The van der Waals surface area contributed by atoms with Gasteiger partial charge in [-0.25, -0.2) is 0 Å². The van der Waals surface area contributed by atoms with Gasteiger partial charge in [0.05, 0.1) is 17.1 Å². The Labute approximate surface area is 515 Å². The van der Waals surface area contributed by atoms with E-state index in [1.807, 2.05) is 0 Å². The zero-order valence-electron chi connectivity index (χ0n) is 51.0. The van der Waals surface area contributed by atoms with E-state index in [-0.39, 0.29) is 42.6 Å². The van der Waals surface area contributed by atoms with Gasteiger partial charge in [0, 0.05) is 49.3 Å². The summed E-state index contributed by atoms with van der Waals surface area (Å²) in [7, 11) is -5.84. The van der Waals surface area contributed by atoms with Crippen LogP contribution in [-0.4, -0.2) is 44.7 Å². The average Bonchev–Trinajstić information content (AvgIpc) is 4.18. The van der Waals surface area contributed by atoms with Crippen LogP contribution in [0.1, 0.15) is 187 Å². The van der Waals surface area contributed by atoms with Crippen LogP contribution in [0.3, 0.4) is 0 Å². The third-order valence-corrected chi connectivity index (χ3v) is 37.1. The molecule has 4 aromatic carbocycles. The predicted octanol–water partition coefficient (Wildman–Crippen LogP) is 19.8. The Kier molecular flexibility index (Phi) is 22.6. The monoisotopic (exact) mass is 1250 g/mol. The number of fused-ring (bicyclic) bond motifs is 4. The number of hydrogen-bond donors (Lipinski definition) is 0. The summed E-state index contributed by atoms with van der Waals surface area (Å²) in [5.41, 5.74) is 19.8. The second kappa shape index (κ2) is 27.0. The molecule has 6 aliphatic carbocycles. The zero-order valence-corrected chi connectivity index (χ0v) is 59.3. The molecule has 0 radical (unpaired) electrons. The first kappa shape index (κ1) is 66.2. The fourth-order valence-corrected chi connectivity index (χ4v) is 33.0. The van der Waals surface area contributed by atoms with Crippen molar-refractivity contribution >= 4 is 80.2 Å². The molecule has 0 amide bonds. The van der Waals surface area contributed by atoms with Crippen molar-refractivity contribution < 1.29 is 37.2 Å². The molecule has 2 saturated carbocycles. The van der Waals surface area contributed by atoms with E-state index in [0.717, 1.165) is 30.7 Å². The van der Waals surface area contributed by atoms with Gasteiger partial charge in [-0.05, 0) is 121 Å². The van der Waals surface area contributed by atoms with Gasteiger partial charge in [0.25, 0.3) is 0 Å². The van der Waals surface area contributed by atoms with Crippen LogP contribution in [0.25, 0.3) is 23.3 Å². The topological polar surface area (TPSA) is 63.0 Å². The molecular weight excluding hydrogens is 1150 g/mol. The molecule has 9 heteroatoms. The van der Waals surface area contributed by atoms with E-state index in [9.17, 15) is 0 Å². The van der Waals surface area contributed by atoms with Crippen molar-refractivity contribution in [1.82, 2.24) is 0 Å². The third-order valence-electron chi connectivity index (χ3n) is 19.4. The Morgan fingerprint density at radius 1 is 0.557 bits per heavy atom. The van der Waals surface area contributed by atoms with Gasteiger partial charge in [-0.2, -0.15) is 0 Å². The molecule has 6 atom stereocenters. The van der Waals surface area contributed by atoms with Gasteiger partial charge in [-0.3, -0.25) is 0 Å². The van der Waals surface area contributed by atoms with E-state index in [1.165, 1.54) is 134 Å². The normalized spacial score (nSPS) is 24.2. The molecule has 2 fully saturated rings.